The van der Waals surface area contributed by atoms with Crippen LogP contribution >= 0.6 is 23.2 Å². The lowest BCUT2D eigenvalue weighted by Gasteiger charge is -2.06. The average Bonchev–Trinajstić information content (AvgIpc) is 2.76. The van der Waals surface area contributed by atoms with Gasteiger partial charge in [-0.3, -0.25) is 0 Å². The zero-order valence-electron chi connectivity index (χ0n) is 8.02. The number of carbonyl (C=O) groups excluding carboxylic acids is 1. The summed E-state index contributed by atoms with van der Waals surface area (Å²) in [4.78, 5) is 11.6. The molecule has 0 saturated carbocycles. The number of hydrogen-bond donors (Lipinski definition) is 1. The summed E-state index contributed by atoms with van der Waals surface area (Å²) in [6.45, 7) is 0. The maximum absolute atomic E-state index is 11.6. The summed E-state index contributed by atoms with van der Waals surface area (Å²) in [7, 11) is 0. The lowest BCUT2D eigenvalue weighted by Crippen LogP contribution is -2.19. The molecule has 1 heterocycles. The van der Waals surface area contributed by atoms with Crippen LogP contribution < -0.4 is 5.32 Å². The van der Waals surface area contributed by atoms with E-state index in [1.165, 1.54) is 12.4 Å². The van der Waals surface area contributed by atoms with Crippen molar-refractivity contribution in [1.29, 1.82) is 0 Å². The molecule has 0 aliphatic heterocycles. The molecule has 0 spiro atoms. The Morgan fingerprint density at radius 2 is 2.19 bits per heavy atom. The number of hydrogen-bond acceptors (Lipinski definition) is 2. The molecule has 1 amide bonds. The largest absolute Gasteiger partial charge is 0.346 e. The Bertz CT molecular complexity index is 511. The summed E-state index contributed by atoms with van der Waals surface area (Å²) in [6, 6.07) is 6.09. The fourth-order valence-electron chi connectivity index (χ4n) is 1.15. The van der Waals surface area contributed by atoms with Crippen molar-refractivity contribution in [2.24, 2.45) is 0 Å². The van der Waals surface area contributed by atoms with Crippen LogP contribution in [0.3, 0.4) is 0 Å². The minimum atomic E-state index is -0.394. The van der Waals surface area contributed by atoms with Gasteiger partial charge < -0.3 is 5.32 Å². The number of anilines is 1. The lowest BCUT2D eigenvalue weighted by molar-refractivity contribution is 0.251. The summed E-state index contributed by atoms with van der Waals surface area (Å²) in [5.74, 6) is 0. The van der Waals surface area contributed by atoms with Crippen LogP contribution in [0.1, 0.15) is 0 Å². The summed E-state index contributed by atoms with van der Waals surface area (Å²) < 4.78 is 1.16. The van der Waals surface area contributed by atoms with E-state index >= 15 is 0 Å². The van der Waals surface area contributed by atoms with Gasteiger partial charge in [0, 0.05) is 17.4 Å². The van der Waals surface area contributed by atoms with Crippen LogP contribution in [0.4, 0.5) is 10.5 Å². The Kier molecular flexibility index (Phi) is 3.12. The van der Waals surface area contributed by atoms with Gasteiger partial charge in [-0.25, -0.2) is 4.79 Å². The smallest absolute Gasteiger partial charge is 0.305 e. The normalized spacial score (nSPS) is 10.1. The average molecular weight is 256 g/mol. The van der Waals surface area contributed by atoms with Crippen molar-refractivity contribution in [3.63, 3.8) is 0 Å². The van der Waals surface area contributed by atoms with Gasteiger partial charge in [0.2, 0.25) is 0 Å². The highest BCUT2D eigenvalue weighted by molar-refractivity contribution is 6.35. The third-order valence-electron chi connectivity index (χ3n) is 1.88. The van der Waals surface area contributed by atoms with E-state index < -0.39 is 6.03 Å². The molecule has 1 aromatic heterocycles. The van der Waals surface area contributed by atoms with Gasteiger partial charge in [0.1, 0.15) is 0 Å². The summed E-state index contributed by atoms with van der Waals surface area (Å²) in [6.07, 6.45) is 3.05. The van der Waals surface area contributed by atoms with Crippen molar-refractivity contribution in [3.8, 4) is 0 Å². The number of aromatic nitrogens is 2. The van der Waals surface area contributed by atoms with Crippen molar-refractivity contribution in [3.05, 3.63) is 46.7 Å². The molecule has 82 valence electrons. The van der Waals surface area contributed by atoms with Crippen molar-refractivity contribution < 1.29 is 4.79 Å². The van der Waals surface area contributed by atoms with Gasteiger partial charge in [0.15, 0.2) is 0 Å². The SMILES string of the molecule is O=C(Nc1cc(Cl)ccc1Cl)n1cccn1. The van der Waals surface area contributed by atoms with Gasteiger partial charge in [0.25, 0.3) is 0 Å². The number of benzene rings is 1. The standard InChI is InChI=1S/C10H7Cl2N3O/c11-7-2-3-8(12)9(6-7)14-10(16)15-5-1-4-13-15/h1-6H,(H,14,16). The quantitative estimate of drug-likeness (QED) is 0.851. The highest BCUT2D eigenvalue weighted by Crippen LogP contribution is 2.25. The van der Waals surface area contributed by atoms with Gasteiger partial charge >= 0.3 is 6.03 Å². The molecule has 0 fully saturated rings. The van der Waals surface area contributed by atoms with Crippen LogP contribution in [0.15, 0.2) is 36.7 Å². The number of halogens is 2. The minimum absolute atomic E-state index is 0.394. The number of amides is 1. The van der Waals surface area contributed by atoms with E-state index in [0.29, 0.717) is 15.7 Å². The van der Waals surface area contributed by atoms with Crippen LogP contribution in [0.25, 0.3) is 0 Å². The Labute approximate surface area is 102 Å². The maximum Gasteiger partial charge on any atom is 0.346 e. The fraction of sp³-hybridized carbons (Fsp3) is 0. The predicted octanol–water partition coefficient (Wildman–Crippen LogP) is 3.27. The summed E-state index contributed by atoms with van der Waals surface area (Å²) >= 11 is 11.7. The molecule has 0 saturated heterocycles. The van der Waals surface area contributed by atoms with Crippen LogP contribution in [0.2, 0.25) is 10.0 Å². The van der Waals surface area contributed by atoms with Crippen LogP contribution in [-0.2, 0) is 0 Å². The molecule has 2 aromatic rings. The van der Waals surface area contributed by atoms with Gasteiger partial charge in [-0.1, -0.05) is 23.2 Å². The van der Waals surface area contributed by atoms with Crippen molar-refractivity contribution in [2.75, 3.05) is 5.32 Å². The molecular formula is C10H7Cl2N3O. The Morgan fingerprint density at radius 1 is 1.38 bits per heavy atom. The molecule has 2 rings (SSSR count). The van der Waals surface area contributed by atoms with Gasteiger partial charge in [-0.05, 0) is 24.3 Å². The van der Waals surface area contributed by atoms with Crippen molar-refractivity contribution in [1.82, 2.24) is 9.78 Å². The molecule has 0 radical (unpaired) electrons. The minimum Gasteiger partial charge on any atom is -0.305 e. The zero-order chi connectivity index (χ0) is 11.5. The van der Waals surface area contributed by atoms with Gasteiger partial charge in [0.05, 0.1) is 10.7 Å². The van der Waals surface area contributed by atoms with Crippen LogP contribution in [0.5, 0.6) is 0 Å². The monoisotopic (exact) mass is 255 g/mol. The first kappa shape index (κ1) is 11.0. The molecular weight excluding hydrogens is 249 g/mol. The van der Waals surface area contributed by atoms with Gasteiger partial charge in [-0.2, -0.15) is 9.78 Å². The molecule has 4 nitrogen and oxygen atoms in total. The summed E-state index contributed by atoms with van der Waals surface area (Å²) in [5, 5.41) is 7.31. The Morgan fingerprint density at radius 3 is 2.88 bits per heavy atom. The van der Waals surface area contributed by atoms with Crippen LogP contribution in [0, 0.1) is 0 Å². The molecule has 0 atom stereocenters. The van der Waals surface area contributed by atoms with Crippen LogP contribution in [-0.4, -0.2) is 15.8 Å². The third kappa shape index (κ3) is 2.35. The van der Waals surface area contributed by atoms with E-state index in [1.54, 1.807) is 24.3 Å². The summed E-state index contributed by atoms with van der Waals surface area (Å²) in [5.41, 5.74) is 0.453. The fourth-order valence-corrected chi connectivity index (χ4v) is 1.49. The van der Waals surface area contributed by atoms with E-state index in [-0.39, 0.29) is 0 Å². The van der Waals surface area contributed by atoms with E-state index in [2.05, 4.69) is 10.4 Å². The van der Waals surface area contributed by atoms with Gasteiger partial charge in [-0.15, -0.1) is 0 Å². The maximum atomic E-state index is 11.6. The second-order valence-electron chi connectivity index (χ2n) is 3.00. The first-order chi connectivity index (χ1) is 7.66. The molecule has 1 aromatic carbocycles. The Hall–Kier alpha value is -1.52. The number of rotatable bonds is 1. The van der Waals surface area contributed by atoms with E-state index in [4.69, 9.17) is 23.2 Å². The van der Waals surface area contributed by atoms with Crippen molar-refractivity contribution >= 4 is 34.9 Å². The second kappa shape index (κ2) is 4.55. The topological polar surface area (TPSA) is 46.9 Å². The van der Waals surface area contributed by atoms with E-state index in [0.717, 1.165) is 4.68 Å². The second-order valence-corrected chi connectivity index (χ2v) is 3.85. The first-order valence-corrected chi connectivity index (χ1v) is 5.18. The predicted molar refractivity (Wildman–Crippen MR) is 63.1 cm³/mol. The highest BCUT2D eigenvalue weighted by atomic mass is 35.5. The zero-order valence-corrected chi connectivity index (χ0v) is 9.53. The molecule has 1 N–H and O–H groups in total. The van der Waals surface area contributed by atoms with E-state index in [9.17, 15) is 4.79 Å². The highest BCUT2D eigenvalue weighted by Gasteiger charge is 2.07. The third-order valence-corrected chi connectivity index (χ3v) is 2.45. The lowest BCUT2D eigenvalue weighted by atomic mass is 10.3. The Balaban J connectivity index is 2.21. The molecule has 0 aliphatic carbocycles. The molecule has 0 bridgehead atoms. The van der Waals surface area contributed by atoms with Crippen molar-refractivity contribution in [2.45, 2.75) is 0 Å². The number of nitrogens with one attached hydrogen (secondary N) is 1. The molecule has 0 unspecified atom stereocenters. The number of carbonyl (C=O) groups is 1. The first-order valence-electron chi connectivity index (χ1n) is 4.43. The molecule has 16 heavy (non-hydrogen) atoms. The molecule has 0 aliphatic rings. The molecule has 6 heteroatoms. The van der Waals surface area contributed by atoms with E-state index in [1.807, 2.05) is 0 Å². The number of nitrogens with zero attached hydrogens (tertiary/aromatic N) is 2.